The summed E-state index contributed by atoms with van der Waals surface area (Å²) in [6, 6.07) is 12.6. The lowest BCUT2D eigenvalue weighted by Gasteiger charge is -1.95. The predicted octanol–water partition coefficient (Wildman–Crippen LogP) is 2.85. The van der Waals surface area contributed by atoms with Crippen molar-refractivity contribution in [3.63, 3.8) is 0 Å². The first-order chi connectivity index (χ1) is 8.79. The van der Waals surface area contributed by atoms with Crippen molar-refractivity contribution in [1.29, 1.82) is 5.26 Å². The van der Waals surface area contributed by atoms with Crippen molar-refractivity contribution in [3.8, 4) is 6.07 Å². The quantitative estimate of drug-likeness (QED) is 0.606. The monoisotopic (exact) mass is 234 g/mol. The summed E-state index contributed by atoms with van der Waals surface area (Å²) < 4.78 is 0. The highest BCUT2D eigenvalue weighted by atomic mass is 16.1. The first-order valence-corrected chi connectivity index (χ1v) is 5.42. The third kappa shape index (κ3) is 2.89. The smallest absolute Gasteiger partial charge is 0.187 e. The average Bonchev–Trinajstić information content (AvgIpc) is 2.46. The molecule has 1 aromatic carbocycles. The SMILES string of the molecule is N#Cc1cccc(C=CC(=O)c2cccnc2)c1. The van der Waals surface area contributed by atoms with E-state index in [-0.39, 0.29) is 5.78 Å². The fourth-order valence-corrected chi connectivity index (χ4v) is 1.49. The Morgan fingerprint density at radius 3 is 2.89 bits per heavy atom. The van der Waals surface area contributed by atoms with E-state index in [4.69, 9.17) is 5.26 Å². The molecule has 0 N–H and O–H groups in total. The number of hydrogen-bond donors (Lipinski definition) is 0. The van der Waals surface area contributed by atoms with Crippen molar-refractivity contribution in [2.45, 2.75) is 0 Å². The van der Waals surface area contributed by atoms with Gasteiger partial charge in [-0.2, -0.15) is 5.26 Å². The fourth-order valence-electron chi connectivity index (χ4n) is 1.49. The number of nitriles is 1. The molecular weight excluding hydrogens is 224 g/mol. The number of allylic oxidation sites excluding steroid dienone is 1. The van der Waals surface area contributed by atoms with Gasteiger partial charge in [0.05, 0.1) is 11.6 Å². The first-order valence-electron chi connectivity index (χ1n) is 5.42. The Balaban J connectivity index is 2.16. The second-order valence-corrected chi connectivity index (χ2v) is 3.68. The van der Waals surface area contributed by atoms with E-state index in [9.17, 15) is 4.79 Å². The lowest BCUT2D eigenvalue weighted by Crippen LogP contribution is -1.94. The number of carbonyl (C=O) groups excluding carboxylic acids is 1. The van der Waals surface area contributed by atoms with Crippen molar-refractivity contribution in [2.24, 2.45) is 0 Å². The molecule has 3 heteroatoms. The maximum Gasteiger partial charge on any atom is 0.187 e. The molecule has 0 atom stereocenters. The Morgan fingerprint density at radius 2 is 2.17 bits per heavy atom. The number of hydrogen-bond acceptors (Lipinski definition) is 3. The van der Waals surface area contributed by atoms with E-state index in [1.165, 1.54) is 12.3 Å². The van der Waals surface area contributed by atoms with Gasteiger partial charge in [-0.3, -0.25) is 9.78 Å². The molecule has 0 fully saturated rings. The van der Waals surface area contributed by atoms with Crippen LogP contribution in [0.15, 0.2) is 54.9 Å². The molecule has 0 bridgehead atoms. The molecule has 0 radical (unpaired) electrons. The van der Waals surface area contributed by atoms with Crippen LogP contribution in [0.4, 0.5) is 0 Å². The normalized spacial score (nSPS) is 10.2. The van der Waals surface area contributed by atoms with Gasteiger partial charge < -0.3 is 0 Å². The van der Waals surface area contributed by atoms with E-state index < -0.39 is 0 Å². The zero-order valence-corrected chi connectivity index (χ0v) is 9.58. The summed E-state index contributed by atoms with van der Waals surface area (Å²) in [6.45, 7) is 0. The molecule has 0 unspecified atom stereocenters. The van der Waals surface area contributed by atoms with Crippen LogP contribution in [-0.4, -0.2) is 10.8 Å². The summed E-state index contributed by atoms with van der Waals surface area (Å²) in [5.74, 6) is -0.106. The summed E-state index contributed by atoms with van der Waals surface area (Å²) in [7, 11) is 0. The molecule has 1 aromatic heterocycles. The molecule has 18 heavy (non-hydrogen) atoms. The van der Waals surface area contributed by atoms with Crippen LogP contribution >= 0.6 is 0 Å². The average molecular weight is 234 g/mol. The second-order valence-electron chi connectivity index (χ2n) is 3.68. The molecule has 86 valence electrons. The van der Waals surface area contributed by atoms with Crippen molar-refractivity contribution in [2.75, 3.05) is 0 Å². The van der Waals surface area contributed by atoms with Crippen LogP contribution in [0.3, 0.4) is 0 Å². The molecule has 0 aliphatic rings. The Morgan fingerprint density at radius 1 is 1.28 bits per heavy atom. The maximum absolute atomic E-state index is 11.8. The van der Waals surface area contributed by atoms with E-state index >= 15 is 0 Å². The van der Waals surface area contributed by atoms with Crippen LogP contribution in [0.25, 0.3) is 6.08 Å². The number of benzene rings is 1. The molecule has 1 heterocycles. The highest BCUT2D eigenvalue weighted by Gasteiger charge is 2.00. The fraction of sp³-hybridized carbons (Fsp3) is 0. The summed E-state index contributed by atoms with van der Waals surface area (Å²) in [5.41, 5.74) is 1.95. The zero-order chi connectivity index (χ0) is 12.8. The maximum atomic E-state index is 11.8. The van der Waals surface area contributed by atoms with Crippen LogP contribution in [0.1, 0.15) is 21.5 Å². The first kappa shape index (κ1) is 11.7. The molecule has 3 nitrogen and oxygen atoms in total. The minimum atomic E-state index is -0.106. The number of carbonyl (C=O) groups is 1. The van der Waals surface area contributed by atoms with Crippen molar-refractivity contribution in [1.82, 2.24) is 4.98 Å². The van der Waals surface area contributed by atoms with Gasteiger partial charge in [0.2, 0.25) is 0 Å². The number of ketones is 1. The van der Waals surface area contributed by atoms with Gasteiger partial charge in [-0.05, 0) is 35.9 Å². The number of nitrogens with zero attached hydrogens (tertiary/aromatic N) is 2. The standard InChI is InChI=1S/C15H10N2O/c16-10-13-4-1-3-12(9-13)6-7-15(18)14-5-2-8-17-11-14/h1-9,11H. The Kier molecular flexibility index (Phi) is 3.62. The zero-order valence-electron chi connectivity index (χ0n) is 9.58. The largest absolute Gasteiger partial charge is 0.289 e. The summed E-state index contributed by atoms with van der Waals surface area (Å²) >= 11 is 0. The minimum Gasteiger partial charge on any atom is -0.289 e. The predicted molar refractivity (Wildman–Crippen MR) is 68.8 cm³/mol. The minimum absolute atomic E-state index is 0.106. The molecule has 0 aliphatic heterocycles. The highest BCUT2D eigenvalue weighted by molar-refractivity contribution is 6.06. The van der Waals surface area contributed by atoms with Crippen LogP contribution in [-0.2, 0) is 0 Å². The topological polar surface area (TPSA) is 53.8 Å². The van der Waals surface area contributed by atoms with Crippen molar-refractivity contribution in [3.05, 3.63) is 71.6 Å². The summed E-state index contributed by atoms with van der Waals surface area (Å²) in [4.78, 5) is 15.7. The molecular formula is C15H10N2O. The van der Waals surface area contributed by atoms with Crippen molar-refractivity contribution >= 4 is 11.9 Å². The van der Waals surface area contributed by atoms with E-state index in [1.807, 2.05) is 6.07 Å². The molecule has 0 saturated carbocycles. The van der Waals surface area contributed by atoms with Crippen LogP contribution in [0.5, 0.6) is 0 Å². The molecule has 0 saturated heterocycles. The number of pyridine rings is 1. The summed E-state index contributed by atoms with van der Waals surface area (Å²) in [6.07, 6.45) is 6.32. The molecule has 2 rings (SSSR count). The van der Waals surface area contributed by atoms with E-state index in [2.05, 4.69) is 11.1 Å². The van der Waals surface area contributed by atoms with Gasteiger partial charge in [-0.15, -0.1) is 0 Å². The second kappa shape index (κ2) is 5.55. The third-order valence-corrected chi connectivity index (χ3v) is 2.39. The molecule has 2 aromatic rings. The van der Waals surface area contributed by atoms with Crippen molar-refractivity contribution < 1.29 is 4.79 Å². The van der Waals surface area contributed by atoms with E-state index in [0.717, 1.165) is 5.56 Å². The van der Waals surface area contributed by atoms with E-state index in [0.29, 0.717) is 11.1 Å². The number of rotatable bonds is 3. The lowest BCUT2D eigenvalue weighted by atomic mass is 10.1. The molecule has 0 amide bonds. The third-order valence-electron chi connectivity index (χ3n) is 2.39. The Bertz CT molecular complexity index is 624. The van der Waals surface area contributed by atoms with Gasteiger partial charge in [-0.1, -0.05) is 18.2 Å². The number of aromatic nitrogens is 1. The van der Waals surface area contributed by atoms with Crippen LogP contribution in [0, 0.1) is 11.3 Å². The molecule has 0 spiro atoms. The Labute approximate surface area is 105 Å². The van der Waals surface area contributed by atoms with Gasteiger partial charge in [0.25, 0.3) is 0 Å². The van der Waals surface area contributed by atoms with Gasteiger partial charge in [-0.25, -0.2) is 0 Å². The van der Waals surface area contributed by atoms with E-state index in [1.54, 1.807) is 42.6 Å². The Hall–Kier alpha value is -2.73. The lowest BCUT2D eigenvalue weighted by molar-refractivity contribution is 0.104. The van der Waals surface area contributed by atoms with Gasteiger partial charge in [0, 0.05) is 18.0 Å². The van der Waals surface area contributed by atoms with Gasteiger partial charge >= 0.3 is 0 Å². The van der Waals surface area contributed by atoms with Crippen LogP contribution < -0.4 is 0 Å². The van der Waals surface area contributed by atoms with Gasteiger partial charge in [0.1, 0.15) is 0 Å². The molecule has 0 aliphatic carbocycles. The van der Waals surface area contributed by atoms with Crippen LogP contribution in [0.2, 0.25) is 0 Å². The van der Waals surface area contributed by atoms with Gasteiger partial charge in [0.15, 0.2) is 5.78 Å². The summed E-state index contributed by atoms with van der Waals surface area (Å²) in [5, 5.41) is 8.77. The highest BCUT2D eigenvalue weighted by Crippen LogP contribution is 2.07.